The van der Waals surface area contributed by atoms with Crippen LogP contribution in [0.3, 0.4) is 0 Å². The summed E-state index contributed by atoms with van der Waals surface area (Å²) in [5.41, 5.74) is 2.60. The number of imidazole rings is 1. The van der Waals surface area contributed by atoms with Crippen molar-refractivity contribution in [3.63, 3.8) is 0 Å². The van der Waals surface area contributed by atoms with Gasteiger partial charge in [0.2, 0.25) is 0 Å². The average Bonchev–Trinajstić information content (AvgIpc) is 3.22. The molecule has 0 atom stereocenters. The molecule has 0 fully saturated rings. The van der Waals surface area contributed by atoms with Crippen LogP contribution in [-0.2, 0) is 13.0 Å². The van der Waals surface area contributed by atoms with E-state index in [1.54, 1.807) is 24.3 Å². The van der Waals surface area contributed by atoms with E-state index < -0.39 is 0 Å². The molecule has 0 saturated heterocycles. The van der Waals surface area contributed by atoms with Crippen LogP contribution >= 0.6 is 0 Å². The molecule has 6 heteroatoms. The van der Waals surface area contributed by atoms with E-state index in [1.807, 2.05) is 35.0 Å². The normalized spacial score (nSPS) is 10.9. The quantitative estimate of drug-likeness (QED) is 0.726. The van der Waals surface area contributed by atoms with Gasteiger partial charge in [-0.05, 0) is 37.1 Å². The largest absolute Gasteiger partial charge is 0.497 e. The van der Waals surface area contributed by atoms with Crippen LogP contribution in [0.5, 0.6) is 5.75 Å². The van der Waals surface area contributed by atoms with Crippen LogP contribution in [0.15, 0.2) is 47.8 Å². The molecule has 0 aliphatic heterocycles. The second kappa shape index (κ2) is 7.21. The Kier molecular flexibility index (Phi) is 4.84. The van der Waals surface area contributed by atoms with Gasteiger partial charge in [-0.2, -0.15) is 0 Å². The summed E-state index contributed by atoms with van der Waals surface area (Å²) in [7, 11) is 1.63. The predicted molar refractivity (Wildman–Crippen MR) is 92.9 cm³/mol. The summed E-state index contributed by atoms with van der Waals surface area (Å²) in [6, 6.07) is 7.45. The molecular formula is C18H22N4O2. The maximum absolute atomic E-state index is 12.9. The highest BCUT2D eigenvalue weighted by atomic mass is 16.5. The van der Waals surface area contributed by atoms with Crippen LogP contribution in [0.2, 0.25) is 0 Å². The van der Waals surface area contributed by atoms with Gasteiger partial charge in [-0.15, -0.1) is 0 Å². The lowest BCUT2D eigenvalue weighted by Crippen LogP contribution is -2.17. The van der Waals surface area contributed by atoms with E-state index in [0.29, 0.717) is 6.54 Å². The zero-order valence-corrected chi connectivity index (χ0v) is 14.0. The van der Waals surface area contributed by atoms with E-state index in [-0.39, 0.29) is 5.56 Å². The average molecular weight is 326 g/mol. The third-order valence-electron chi connectivity index (χ3n) is 4.08. The molecule has 0 radical (unpaired) electrons. The number of methoxy groups -OCH3 is 1. The first-order chi connectivity index (χ1) is 11.7. The van der Waals surface area contributed by atoms with Gasteiger partial charge in [0.1, 0.15) is 5.75 Å². The minimum absolute atomic E-state index is 0.0173. The van der Waals surface area contributed by atoms with E-state index in [2.05, 4.69) is 17.0 Å². The Bertz CT molecular complexity index is 829. The number of rotatable bonds is 7. The van der Waals surface area contributed by atoms with Crippen molar-refractivity contribution in [2.75, 3.05) is 7.11 Å². The van der Waals surface area contributed by atoms with Crippen molar-refractivity contribution < 1.29 is 4.74 Å². The molecule has 126 valence electrons. The summed E-state index contributed by atoms with van der Waals surface area (Å²) in [5.74, 6) is 0.767. The molecule has 6 nitrogen and oxygen atoms in total. The Morgan fingerprint density at radius 2 is 2.04 bits per heavy atom. The van der Waals surface area contributed by atoms with Crippen LogP contribution in [-0.4, -0.2) is 26.4 Å². The highest BCUT2D eigenvalue weighted by Gasteiger charge is 2.15. The van der Waals surface area contributed by atoms with Crippen molar-refractivity contribution in [1.29, 1.82) is 0 Å². The van der Waals surface area contributed by atoms with Gasteiger partial charge in [0.25, 0.3) is 5.56 Å². The van der Waals surface area contributed by atoms with Crippen molar-refractivity contribution in [2.45, 2.75) is 32.7 Å². The molecule has 0 bridgehead atoms. The van der Waals surface area contributed by atoms with Crippen molar-refractivity contribution in [3.05, 3.63) is 64.6 Å². The van der Waals surface area contributed by atoms with Crippen LogP contribution in [0.4, 0.5) is 0 Å². The summed E-state index contributed by atoms with van der Waals surface area (Å²) in [6.45, 7) is 2.74. The van der Waals surface area contributed by atoms with E-state index in [4.69, 9.17) is 4.74 Å². The molecule has 2 aromatic heterocycles. The molecule has 3 aromatic rings. The summed E-state index contributed by atoms with van der Waals surface area (Å²) in [6.07, 6.45) is 8.22. The maximum Gasteiger partial charge on any atom is 0.274 e. The van der Waals surface area contributed by atoms with Gasteiger partial charge in [0.15, 0.2) is 0 Å². The molecule has 3 rings (SSSR count). The van der Waals surface area contributed by atoms with Crippen molar-refractivity contribution in [3.8, 4) is 11.4 Å². The fraction of sp³-hybridized carbons (Fsp3) is 0.333. The minimum Gasteiger partial charge on any atom is -0.497 e. The van der Waals surface area contributed by atoms with Crippen LogP contribution in [0.1, 0.15) is 31.0 Å². The van der Waals surface area contributed by atoms with Crippen molar-refractivity contribution in [1.82, 2.24) is 19.3 Å². The zero-order chi connectivity index (χ0) is 16.9. The summed E-state index contributed by atoms with van der Waals surface area (Å²) < 4.78 is 8.74. The SMILES string of the molecule is CCCCc1c(Cn2ccnc2)[nH]n(-c2ccc(OC)cc2)c1=O. The molecule has 0 saturated carbocycles. The monoisotopic (exact) mass is 326 g/mol. The number of aromatic nitrogens is 4. The number of unbranched alkanes of at least 4 members (excludes halogenated alkanes) is 1. The zero-order valence-electron chi connectivity index (χ0n) is 14.0. The van der Waals surface area contributed by atoms with Gasteiger partial charge in [0, 0.05) is 18.0 Å². The van der Waals surface area contributed by atoms with E-state index in [9.17, 15) is 4.79 Å². The third-order valence-corrected chi connectivity index (χ3v) is 4.08. The molecule has 2 heterocycles. The number of aromatic amines is 1. The smallest absolute Gasteiger partial charge is 0.274 e. The molecule has 24 heavy (non-hydrogen) atoms. The van der Waals surface area contributed by atoms with Gasteiger partial charge in [-0.3, -0.25) is 9.89 Å². The lowest BCUT2D eigenvalue weighted by Gasteiger charge is -2.04. The molecular weight excluding hydrogens is 304 g/mol. The maximum atomic E-state index is 12.9. The lowest BCUT2D eigenvalue weighted by atomic mass is 10.1. The van der Waals surface area contributed by atoms with Gasteiger partial charge in [-0.1, -0.05) is 13.3 Å². The standard InChI is InChI=1S/C18H22N4O2/c1-3-4-5-16-17(12-21-11-10-19-13-21)20-22(18(16)23)14-6-8-15(24-2)9-7-14/h6-11,13,20H,3-5,12H2,1-2H3. The lowest BCUT2D eigenvalue weighted by molar-refractivity contribution is 0.414. The molecule has 0 amide bonds. The fourth-order valence-corrected chi connectivity index (χ4v) is 2.74. The first-order valence-corrected chi connectivity index (χ1v) is 8.16. The minimum atomic E-state index is 0.0173. The van der Waals surface area contributed by atoms with Gasteiger partial charge < -0.3 is 9.30 Å². The number of nitrogens with one attached hydrogen (secondary N) is 1. The van der Waals surface area contributed by atoms with E-state index in [1.165, 1.54) is 0 Å². The van der Waals surface area contributed by atoms with E-state index >= 15 is 0 Å². The number of benzene rings is 1. The highest BCUT2D eigenvalue weighted by molar-refractivity contribution is 5.38. The number of ether oxygens (including phenoxy) is 1. The first kappa shape index (κ1) is 16.1. The van der Waals surface area contributed by atoms with Crippen LogP contribution in [0, 0.1) is 0 Å². The Labute approximate surface area is 140 Å². The fourth-order valence-electron chi connectivity index (χ4n) is 2.74. The molecule has 1 N–H and O–H groups in total. The van der Waals surface area contributed by atoms with Crippen molar-refractivity contribution >= 4 is 0 Å². The molecule has 0 spiro atoms. The van der Waals surface area contributed by atoms with Gasteiger partial charge in [0.05, 0.1) is 31.4 Å². The molecule has 0 aliphatic rings. The second-order valence-corrected chi connectivity index (χ2v) is 5.75. The third kappa shape index (κ3) is 3.27. The van der Waals surface area contributed by atoms with Gasteiger partial charge >= 0.3 is 0 Å². The Balaban J connectivity index is 1.99. The highest BCUT2D eigenvalue weighted by Crippen LogP contribution is 2.15. The Hall–Kier alpha value is -2.76. The molecule has 1 aromatic carbocycles. The first-order valence-electron chi connectivity index (χ1n) is 8.16. The number of nitrogens with zero attached hydrogens (tertiary/aromatic N) is 3. The summed E-state index contributed by atoms with van der Waals surface area (Å²) in [4.78, 5) is 16.9. The number of hydrogen-bond acceptors (Lipinski definition) is 3. The Morgan fingerprint density at radius 1 is 1.25 bits per heavy atom. The van der Waals surface area contributed by atoms with E-state index in [0.717, 1.165) is 42.0 Å². The van der Waals surface area contributed by atoms with Crippen molar-refractivity contribution in [2.24, 2.45) is 0 Å². The van der Waals surface area contributed by atoms with Gasteiger partial charge in [-0.25, -0.2) is 9.67 Å². The molecule has 0 unspecified atom stereocenters. The topological polar surface area (TPSA) is 64.8 Å². The number of H-pyrrole nitrogens is 1. The summed E-state index contributed by atoms with van der Waals surface area (Å²) >= 11 is 0. The van der Waals surface area contributed by atoms with Crippen LogP contribution in [0.25, 0.3) is 5.69 Å². The number of hydrogen-bond donors (Lipinski definition) is 1. The summed E-state index contributed by atoms with van der Waals surface area (Å²) in [5, 5.41) is 3.27. The Morgan fingerprint density at radius 3 is 2.67 bits per heavy atom. The van der Waals surface area contributed by atoms with Crippen LogP contribution < -0.4 is 10.3 Å². The second-order valence-electron chi connectivity index (χ2n) is 5.75. The predicted octanol–water partition coefficient (Wildman–Crippen LogP) is 2.76. The molecule has 0 aliphatic carbocycles.